The summed E-state index contributed by atoms with van der Waals surface area (Å²) in [7, 11) is 1.55. The molecule has 28 heavy (non-hydrogen) atoms. The third-order valence-electron chi connectivity index (χ3n) is 4.94. The van der Waals surface area contributed by atoms with Crippen molar-refractivity contribution < 1.29 is 23.5 Å². The van der Waals surface area contributed by atoms with E-state index in [1.807, 2.05) is 6.92 Å². The van der Waals surface area contributed by atoms with Crippen LogP contribution in [0.4, 0.5) is 4.79 Å². The van der Waals surface area contributed by atoms with Gasteiger partial charge in [0.2, 0.25) is 5.91 Å². The summed E-state index contributed by atoms with van der Waals surface area (Å²) in [5.74, 6) is 0.335. The maximum atomic E-state index is 13.1. The van der Waals surface area contributed by atoms with Gasteiger partial charge < -0.3 is 19.8 Å². The number of ether oxygens (including phenoxy) is 1. The van der Waals surface area contributed by atoms with E-state index >= 15 is 0 Å². The van der Waals surface area contributed by atoms with E-state index in [0.29, 0.717) is 23.5 Å². The first kappa shape index (κ1) is 19.5. The highest BCUT2D eigenvalue weighted by Crippen LogP contribution is 2.33. The van der Waals surface area contributed by atoms with Gasteiger partial charge in [-0.3, -0.25) is 14.5 Å². The standard InChI is InChI=1S/C20H23N3O5/c1-4-20(14-7-9-15(27-3)10-8-14)18(25)23(19(26)22-20)12-17(24)21-13(2)16-6-5-11-28-16/h5-11,13H,4,12H2,1-3H3,(H,21,24)(H,22,26)/t13-,20+/m1/s1. The number of furan rings is 1. The molecular formula is C20H23N3O5. The van der Waals surface area contributed by atoms with Crippen LogP contribution in [0, 0.1) is 0 Å². The van der Waals surface area contributed by atoms with E-state index < -0.39 is 23.4 Å². The Morgan fingerprint density at radius 1 is 1.29 bits per heavy atom. The Morgan fingerprint density at radius 3 is 2.57 bits per heavy atom. The van der Waals surface area contributed by atoms with E-state index in [1.165, 1.54) is 6.26 Å². The zero-order valence-electron chi connectivity index (χ0n) is 16.0. The molecule has 1 fully saturated rings. The summed E-state index contributed by atoms with van der Waals surface area (Å²) in [4.78, 5) is 38.9. The molecule has 1 aliphatic rings. The minimum atomic E-state index is -1.20. The van der Waals surface area contributed by atoms with Crippen molar-refractivity contribution >= 4 is 17.8 Å². The van der Waals surface area contributed by atoms with Crippen LogP contribution in [0.25, 0.3) is 0 Å². The number of hydrogen-bond donors (Lipinski definition) is 2. The number of nitrogens with one attached hydrogen (secondary N) is 2. The van der Waals surface area contributed by atoms with Gasteiger partial charge in [0.15, 0.2) is 0 Å². The topological polar surface area (TPSA) is 101 Å². The number of amides is 4. The summed E-state index contributed by atoms with van der Waals surface area (Å²) in [6.45, 7) is 3.20. The average molecular weight is 385 g/mol. The molecule has 0 bridgehead atoms. The number of imide groups is 1. The lowest BCUT2D eigenvalue weighted by atomic mass is 9.87. The molecule has 148 valence electrons. The van der Waals surface area contributed by atoms with Crippen LogP contribution in [0.3, 0.4) is 0 Å². The number of nitrogens with zero attached hydrogens (tertiary/aromatic N) is 1. The van der Waals surface area contributed by atoms with E-state index in [1.54, 1.807) is 50.4 Å². The van der Waals surface area contributed by atoms with Crippen molar-refractivity contribution in [3.63, 3.8) is 0 Å². The van der Waals surface area contributed by atoms with E-state index in [2.05, 4.69) is 10.6 Å². The molecule has 2 heterocycles. The van der Waals surface area contributed by atoms with Crippen molar-refractivity contribution in [1.82, 2.24) is 15.5 Å². The normalized spacial score (nSPS) is 20.0. The Morgan fingerprint density at radius 2 is 2.00 bits per heavy atom. The lowest BCUT2D eigenvalue weighted by Crippen LogP contribution is -2.45. The minimum absolute atomic E-state index is 0.352. The second kappa shape index (κ2) is 7.75. The van der Waals surface area contributed by atoms with Crippen molar-refractivity contribution in [3.8, 4) is 5.75 Å². The fourth-order valence-electron chi connectivity index (χ4n) is 3.32. The molecule has 0 saturated carbocycles. The highest BCUT2D eigenvalue weighted by molar-refractivity contribution is 6.09. The maximum Gasteiger partial charge on any atom is 0.325 e. The van der Waals surface area contributed by atoms with Gasteiger partial charge in [-0.1, -0.05) is 19.1 Å². The Hall–Kier alpha value is -3.29. The molecule has 8 heteroatoms. The molecule has 2 aromatic rings. The van der Waals surface area contributed by atoms with Gasteiger partial charge in [-0.05, 0) is 43.2 Å². The lowest BCUT2D eigenvalue weighted by Gasteiger charge is -2.26. The fraction of sp³-hybridized carbons (Fsp3) is 0.350. The van der Waals surface area contributed by atoms with Crippen LogP contribution in [0.5, 0.6) is 5.75 Å². The molecule has 0 spiro atoms. The monoisotopic (exact) mass is 385 g/mol. The first-order valence-corrected chi connectivity index (χ1v) is 9.02. The van der Waals surface area contributed by atoms with Gasteiger partial charge >= 0.3 is 6.03 Å². The predicted molar refractivity (Wildman–Crippen MR) is 100 cm³/mol. The Balaban J connectivity index is 1.75. The van der Waals surface area contributed by atoms with Gasteiger partial charge in [-0.25, -0.2) is 4.79 Å². The van der Waals surface area contributed by atoms with Gasteiger partial charge in [0.05, 0.1) is 19.4 Å². The summed E-state index contributed by atoms with van der Waals surface area (Å²) in [5.41, 5.74) is -0.558. The molecule has 0 unspecified atom stereocenters. The van der Waals surface area contributed by atoms with Crippen molar-refractivity contribution in [2.75, 3.05) is 13.7 Å². The number of carbonyl (C=O) groups excluding carboxylic acids is 3. The summed E-state index contributed by atoms with van der Waals surface area (Å²) < 4.78 is 10.4. The zero-order chi connectivity index (χ0) is 20.3. The van der Waals surface area contributed by atoms with Gasteiger partial charge in [0.25, 0.3) is 5.91 Å². The van der Waals surface area contributed by atoms with E-state index in [4.69, 9.17) is 9.15 Å². The second-order valence-corrected chi connectivity index (χ2v) is 6.61. The van der Waals surface area contributed by atoms with Crippen molar-refractivity contribution in [3.05, 3.63) is 54.0 Å². The SMILES string of the molecule is CC[C@@]1(c2ccc(OC)cc2)NC(=O)N(CC(=O)N[C@H](C)c2ccco2)C1=O. The van der Waals surface area contributed by atoms with E-state index in [9.17, 15) is 14.4 Å². The van der Waals surface area contributed by atoms with Crippen LogP contribution in [0.2, 0.25) is 0 Å². The number of benzene rings is 1. The highest BCUT2D eigenvalue weighted by Gasteiger charge is 2.51. The molecule has 1 aromatic heterocycles. The van der Waals surface area contributed by atoms with Gasteiger partial charge in [0, 0.05) is 0 Å². The largest absolute Gasteiger partial charge is 0.497 e. The fourth-order valence-corrected chi connectivity index (χ4v) is 3.32. The maximum absolute atomic E-state index is 13.1. The molecule has 0 radical (unpaired) electrons. The van der Waals surface area contributed by atoms with Crippen LogP contribution in [0.15, 0.2) is 47.1 Å². The third kappa shape index (κ3) is 3.45. The number of hydrogen-bond acceptors (Lipinski definition) is 5. The molecule has 1 aliphatic heterocycles. The number of urea groups is 1. The van der Waals surface area contributed by atoms with Gasteiger partial charge in [-0.15, -0.1) is 0 Å². The van der Waals surface area contributed by atoms with Crippen LogP contribution in [-0.4, -0.2) is 36.4 Å². The predicted octanol–water partition coefficient (Wildman–Crippen LogP) is 2.32. The molecule has 4 amide bonds. The van der Waals surface area contributed by atoms with Crippen LogP contribution in [0.1, 0.15) is 37.6 Å². The molecule has 2 atom stereocenters. The Kier molecular flexibility index (Phi) is 5.39. The Labute approximate surface area is 162 Å². The number of rotatable bonds is 7. The van der Waals surface area contributed by atoms with E-state index in [-0.39, 0.29) is 12.6 Å². The summed E-state index contributed by atoms with van der Waals surface area (Å²) in [5, 5.41) is 5.48. The first-order valence-electron chi connectivity index (χ1n) is 9.02. The lowest BCUT2D eigenvalue weighted by molar-refractivity contribution is -0.135. The van der Waals surface area contributed by atoms with Gasteiger partial charge in [0.1, 0.15) is 23.6 Å². The van der Waals surface area contributed by atoms with Crippen LogP contribution >= 0.6 is 0 Å². The van der Waals surface area contributed by atoms with Crippen molar-refractivity contribution in [2.45, 2.75) is 31.8 Å². The average Bonchev–Trinajstić information content (AvgIpc) is 3.31. The van der Waals surface area contributed by atoms with Crippen LogP contribution < -0.4 is 15.4 Å². The van der Waals surface area contributed by atoms with Crippen LogP contribution in [-0.2, 0) is 15.1 Å². The first-order chi connectivity index (χ1) is 13.4. The summed E-state index contributed by atoms with van der Waals surface area (Å²) >= 11 is 0. The molecule has 1 aromatic carbocycles. The minimum Gasteiger partial charge on any atom is -0.497 e. The van der Waals surface area contributed by atoms with Crippen molar-refractivity contribution in [2.24, 2.45) is 0 Å². The zero-order valence-corrected chi connectivity index (χ0v) is 16.0. The summed E-state index contributed by atoms with van der Waals surface area (Å²) in [6.07, 6.45) is 1.87. The molecule has 3 rings (SSSR count). The molecule has 2 N–H and O–H groups in total. The number of carbonyl (C=O) groups is 3. The van der Waals surface area contributed by atoms with Gasteiger partial charge in [-0.2, -0.15) is 0 Å². The molecule has 1 saturated heterocycles. The second-order valence-electron chi connectivity index (χ2n) is 6.61. The van der Waals surface area contributed by atoms with Crippen molar-refractivity contribution in [1.29, 1.82) is 0 Å². The Bertz CT molecular complexity index is 862. The third-order valence-corrected chi connectivity index (χ3v) is 4.94. The smallest absolute Gasteiger partial charge is 0.325 e. The van der Waals surface area contributed by atoms with E-state index in [0.717, 1.165) is 4.90 Å². The quantitative estimate of drug-likeness (QED) is 0.713. The highest BCUT2D eigenvalue weighted by atomic mass is 16.5. The number of methoxy groups -OCH3 is 1. The molecule has 0 aliphatic carbocycles. The molecular weight excluding hydrogens is 362 g/mol. The molecule has 8 nitrogen and oxygen atoms in total. The summed E-state index contributed by atoms with van der Waals surface area (Å²) in [6, 6.07) is 9.43.